The van der Waals surface area contributed by atoms with Gasteiger partial charge in [-0.15, -0.1) is 0 Å². The van der Waals surface area contributed by atoms with E-state index < -0.39 is 11.6 Å². The molecule has 1 aromatic rings. The van der Waals surface area contributed by atoms with E-state index in [2.05, 4.69) is 10.6 Å². The summed E-state index contributed by atoms with van der Waals surface area (Å²) in [6.45, 7) is 3.65. The van der Waals surface area contributed by atoms with Crippen LogP contribution < -0.4 is 10.6 Å². The molecular formula is C12H16F2N2O. The summed E-state index contributed by atoms with van der Waals surface area (Å²) < 4.78 is 26.4. The molecule has 0 aliphatic rings. The van der Waals surface area contributed by atoms with Crippen molar-refractivity contribution in [1.82, 2.24) is 5.32 Å². The highest BCUT2D eigenvalue weighted by Crippen LogP contribution is 2.17. The third kappa shape index (κ3) is 4.01. The Morgan fingerprint density at radius 3 is 2.47 bits per heavy atom. The van der Waals surface area contributed by atoms with Crippen LogP contribution in [0.3, 0.4) is 0 Å². The van der Waals surface area contributed by atoms with Gasteiger partial charge in [0.2, 0.25) is 5.91 Å². The third-order valence-corrected chi connectivity index (χ3v) is 2.41. The number of rotatable bonds is 5. The van der Waals surface area contributed by atoms with Gasteiger partial charge in [0.1, 0.15) is 17.3 Å². The quantitative estimate of drug-likeness (QED) is 0.831. The molecule has 5 heteroatoms. The normalized spacial score (nSPS) is 12.0. The van der Waals surface area contributed by atoms with Crippen LogP contribution in [-0.2, 0) is 4.79 Å². The Hall–Kier alpha value is -1.65. The summed E-state index contributed by atoms with van der Waals surface area (Å²) in [6.07, 6.45) is 0.805. The highest BCUT2D eigenvalue weighted by atomic mass is 19.1. The van der Waals surface area contributed by atoms with Gasteiger partial charge in [0.15, 0.2) is 0 Å². The average molecular weight is 242 g/mol. The molecule has 0 saturated heterocycles. The predicted molar refractivity (Wildman–Crippen MR) is 62.7 cm³/mol. The van der Waals surface area contributed by atoms with Crippen LogP contribution in [0.25, 0.3) is 0 Å². The van der Waals surface area contributed by atoms with Gasteiger partial charge in [-0.25, -0.2) is 8.78 Å². The van der Waals surface area contributed by atoms with Gasteiger partial charge in [-0.1, -0.05) is 13.0 Å². The van der Waals surface area contributed by atoms with E-state index in [0.29, 0.717) is 0 Å². The number of nitrogens with one attached hydrogen (secondary N) is 2. The highest BCUT2D eigenvalue weighted by Gasteiger charge is 2.10. The molecular weight excluding hydrogens is 226 g/mol. The van der Waals surface area contributed by atoms with Crippen molar-refractivity contribution in [1.29, 1.82) is 0 Å². The zero-order chi connectivity index (χ0) is 12.8. The number of carbonyl (C=O) groups excluding carboxylic acids is 1. The molecule has 2 N–H and O–H groups in total. The van der Waals surface area contributed by atoms with Crippen molar-refractivity contribution < 1.29 is 13.6 Å². The van der Waals surface area contributed by atoms with Crippen LogP contribution in [0.1, 0.15) is 20.3 Å². The molecule has 0 aromatic heterocycles. The molecule has 0 heterocycles. The zero-order valence-corrected chi connectivity index (χ0v) is 9.89. The molecule has 1 rings (SSSR count). The van der Waals surface area contributed by atoms with E-state index in [1.165, 1.54) is 6.07 Å². The zero-order valence-electron chi connectivity index (χ0n) is 9.89. The monoisotopic (exact) mass is 242 g/mol. The number of halogens is 2. The lowest BCUT2D eigenvalue weighted by Gasteiger charge is -2.13. The van der Waals surface area contributed by atoms with Gasteiger partial charge in [-0.2, -0.15) is 0 Å². The Morgan fingerprint density at radius 2 is 1.94 bits per heavy atom. The van der Waals surface area contributed by atoms with E-state index in [1.807, 2.05) is 13.8 Å². The maximum Gasteiger partial charge on any atom is 0.239 e. The molecule has 0 bridgehead atoms. The van der Waals surface area contributed by atoms with Crippen molar-refractivity contribution in [2.24, 2.45) is 0 Å². The van der Waals surface area contributed by atoms with E-state index >= 15 is 0 Å². The summed E-state index contributed by atoms with van der Waals surface area (Å²) in [4.78, 5) is 11.4. The second-order valence-electron chi connectivity index (χ2n) is 3.83. The molecule has 0 spiro atoms. The highest BCUT2D eigenvalue weighted by molar-refractivity contribution is 5.81. The minimum Gasteiger partial charge on any atom is -0.371 e. The van der Waals surface area contributed by atoms with Gasteiger partial charge in [-0.05, 0) is 25.5 Å². The summed E-state index contributed by atoms with van der Waals surface area (Å²) in [5, 5.41) is 5.14. The number of amides is 1. The number of para-hydroxylation sites is 1. The van der Waals surface area contributed by atoms with Gasteiger partial charge in [0.05, 0.1) is 6.54 Å². The molecule has 0 aliphatic heterocycles. The summed E-state index contributed by atoms with van der Waals surface area (Å²) in [5.41, 5.74) is -0.271. The first-order chi connectivity index (χ1) is 8.04. The lowest BCUT2D eigenvalue weighted by Crippen LogP contribution is -2.36. The van der Waals surface area contributed by atoms with Crippen LogP contribution in [0.2, 0.25) is 0 Å². The number of hydrogen-bond acceptors (Lipinski definition) is 2. The van der Waals surface area contributed by atoms with Crippen LogP contribution in [0.5, 0.6) is 0 Å². The van der Waals surface area contributed by atoms with Gasteiger partial charge in [0, 0.05) is 6.04 Å². The molecule has 3 nitrogen and oxygen atoms in total. The summed E-state index contributed by atoms with van der Waals surface area (Å²) in [6, 6.07) is 3.60. The smallest absolute Gasteiger partial charge is 0.239 e. The van der Waals surface area contributed by atoms with E-state index in [-0.39, 0.29) is 24.2 Å². The van der Waals surface area contributed by atoms with Crippen molar-refractivity contribution in [2.45, 2.75) is 26.3 Å². The fourth-order valence-corrected chi connectivity index (χ4v) is 1.26. The largest absolute Gasteiger partial charge is 0.371 e. The Morgan fingerprint density at radius 1 is 1.35 bits per heavy atom. The minimum absolute atomic E-state index is 0.0507. The van der Waals surface area contributed by atoms with Crippen molar-refractivity contribution in [3.8, 4) is 0 Å². The second kappa shape index (κ2) is 6.18. The Balaban J connectivity index is 2.53. The molecule has 0 saturated carbocycles. The van der Waals surface area contributed by atoms with Gasteiger partial charge in [0.25, 0.3) is 0 Å². The van der Waals surface area contributed by atoms with Gasteiger partial charge in [-0.3, -0.25) is 4.79 Å². The predicted octanol–water partition coefficient (Wildman–Crippen LogP) is 2.29. The third-order valence-electron chi connectivity index (χ3n) is 2.41. The first-order valence-corrected chi connectivity index (χ1v) is 5.51. The minimum atomic E-state index is -0.707. The summed E-state index contributed by atoms with van der Waals surface area (Å²) in [5.74, 6) is -1.70. The summed E-state index contributed by atoms with van der Waals surface area (Å²) >= 11 is 0. The number of anilines is 1. The molecule has 1 unspecified atom stereocenters. The molecule has 0 radical (unpaired) electrons. The Bertz CT molecular complexity index is 376. The van der Waals surface area contributed by atoms with Crippen LogP contribution in [0.4, 0.5) is 14.5 Å². The lowest BCUT2D eigenvalue weighted by atomic mass is 10.2. The fraction of sp³-hybridized carbons (Fsp3) is 0.417. The SMILES string of the molecule is CCC(C)NC(=O)CNc1c(F)cccc1F. The van der Waals surface area contributed by atoms with Crippen molar-refractivity contribution >= 4 is 11.6 Å². The average Bonchev–Trinajstić information content (AvgIpc) is 2.28. The Labute approximate surface area is 99.2 Å². The number of hydrogen-bond donors (Lipinski definition) is 2. The van der Waals surface area contributed by atoms with Gasteiger partial charge >= 0.3 is 0 Å². The first-order valence-electron chi connectivity index (χ1n) is 5.51. The van der Waals surface area contributed by atoms with E-state index in [1.54, 1.807) is 0 Å². The van der Waals surface area contributed by atoms with E-state index in [0.717, 1.165) is 18.6 Å². The van der Waals surface area contributed by atoms with E-state index in [9.17, 15) is 13.6 Å². The second-order valence-corrected chi connectivity index (χ2v) is 3.83. The van der Waals surface area contributed by atoms with Gasteiger partial charge < -0.3 is 10.6 Å². The standard InChI is InChI=1S/C12H16F2N2O/c1-3-8(2)16-11(17)7-15-12-9(13)5-4-6-10(12)14/h4-6,8,15H,3,7H2,1-2H3,(H,16,17). The molecule has 94 valence electrons. The van der Waals surface area contributed by atoms with Crippen LogP contribution >= 0.6 is 0 Å². The van der Waals surface area contributed by atoms with Crippen LogP contribution in [0, 0.1) is 11.6 Å². The van der Waals surface area contributed by atoms with Crippen molar-refractivity contribution in [2.75, 3.05) is 11.9 Å². The maximum absolute atomic E-state index is 13.2. The maximum atomic E-state index is 13.2. The summed E-state index contributed by atoms with van der Waals surface area (Å²) in [7, 11) is 0. The molecule has 0 fully saturated rings. The Kier molecular flexibility index (Phi) is 4.87. The topological polar surface area (TPSA) is 41.1 Å². The number of benzene rings is 1. The number of carbonyl (C=O) groups is 1. The van der Waals surface area contributed by atoms with Crippen LogP contribution in [0.15, 0.2) is 18.2 Å². The lowest BCUT2D eigenvalue weighted by molar-refractivity contribution is -0.120. The molecule has 1 amide bonds. The van der Waals surface area contributed by atoms with Crippen molar-refractivity contribution in [3.05, 3.63) is 29.8 Å². The van der Waals surface area contributed by atoms with E-state index in [4.69, 9.17) is 0 Å². The molecule has 1 aromatic carbocycles. The fourth-order valence-electron chi connectivity index (χ4n) is 1.26. The first kappa shape index (κ1) is 13.4. The van der Waals surface area contributed by atoms with Crippen LogP contribution in [-0.4, -0.2) is 18.5 Å². The molecule has 1 atom stereocenters. The van der Waals surface area contributed by atoms with Crippen molar-refractivity contribution in [3.63, 3.8) is 0 Å². The molecule has 17 heavy (non-hydrogen) atoms. The molecule has 0 aliphatic carbocycles.